The molecule has 0 bridgehead atoms. The number of halogens is 5. The van der Waals surface area contributed by atoms with Crippen LogP contribution in [0.15, 0.2) is 30.3 Å². The van der Waals surface area contributed by atoms with E-state index < -0.39 is 46.2 Å². The van der Waals surface area contributed by atoms with Crippen LogP contribution in [0.4, 0.5) is 28.9 Å². The molecular formula is C17H13ClF4N2O2. The van der Waals surface area contributed by atoms with Crippen molar-refractivity contribution >= 4 is 34.8 Å². The Bertz CT molecular complexity index is 887. The Hall–Kier alpha value is -2.61. The molecule has 0 saturated heterocycles. The lowest BCUT2D eigenvalue weighted by molar-refractivity contribution is -0.135. The van der Waals surface area contributed by atoms with Gasteiger partial charge in [-0.1, -0.05) is 11.6 Å². The average Bonchev–Trinajstić information content (AvgIpc) is 2.58. The lowest BCUT2D eigenvalue weighted by Crippen LogP contribution is -2.41. The van der Waals surface area contributed by atoms with Gasteiger partial charge < -0.3 is 10.6 Å². The Labute approximate surface area is 151 Å². The maximum atomic E-state index is 13.7. The number of hydrogen-bond acceptors (Lipinski definition) is 2. The van der Waals surface area contributed by atoms with Crippen LogP contribution in [0.1, 0.15) is 13.8 Å². The summed E-state index contributed by atoms with van der Waals surface area (Å²) in [4.78, 5) is 24.6. The summed E-state index contributed by atoms with van der Waals surface area (Å²) in [5.74, 6) is -7.19. The molecule has 0 spiro atoms. The van der Waals surface area contributed by atoms with Crippen molar-refractivity contribution in [2.24, 2.45) is 5.41 Å². The van der Waals surface area contributed by atoms with Gasteiger partial charge in [0.2, 0.25) is 11.8 Å². The lowest BCUT2D eigenvalue weighted by Gasteiger charge is -2.23. The minimum atomic E-state index is -1.74. The summed E-state index contributed by atoms with van der Waals surface area (Å²) in [5, 5.41) is 4.18. The predicted molar refractivity (Wildman–Crippen MR) is 88.8 cm³/mol. The standard InChI is InChI=1S/C17H13ClF4N2O2/c1-17(2,15(25)23-8-3-4-10(19)9(18)7-8)16(26)24-12-6-5-11(20)13(21)14(12)22/h3-7H,1-2H3,(H,23,25)(H,24,26). The maximum absolute atomic E-state index is 13.7. The molecule has 0 aliphatic carbocycles. The van der Waals surface area contributed by atoms with E-state index in [1.54, 1.807) is 0 Å². The number of benzene rings is 2. The highest BCUT2D eigenvalue weighted by atomic mass is 35.5. The van der Waals surface area contributed by atoms with Gasteiger partial charge in [-0.2, -0.15) is 0 Å². The Morgan fingerprint density at radius 3 is 2.08 bits per heavy atom. The Kier molecular flexibility index (Phi) is 5.56. The van der Waals surface area contributed by atoms with Gasteiger partial charge in [-0.05, 0) is 44.2 Å². The van der Waals surface area contributed by atoms with Crippen molar-refractivity contribution in [1.29, 1.82) is 0 Å². The molecule has 26 heavy (non-hydrogen) atoms. The summed E-state index contributed by atoms with van der Waals surface area (Å²) < 4.78 is 53.0. The minimum Gasteiger partial charge on any atom is -0.325 e. The third kappa shape index (κ3) is 3.96. The van der Waals surface area contributed by atoms with E-state index in [1.807, 2.05) is 5.32 Å². The summed E-state index contributed by atoms with van der Waals surface area (Å²) in [6.45, 7) is 2.47. The lowest BCUT2D eigenvalue weighted by atomic mass is 9.90. The minimum absolute atomic E-state index is 0.140. The number of amides is 2. The van der Waals surface area contributed by atoms with E-state index >= 15 is 0 Å². The summed E-state index contributed by atoms with van der Waals surface area (Å²) in [5.41, 5.74) is -2.20. The molecule has 0 atom stereocenters. The van der Waals surface area contributed by atoms with Gasteiger partial charge in [0, 0.05) is 5.69 Å². The van der Waals surface area contributed by atoms with Crippen LogP contribution in [0.5, 0.6) is 0 Å². The second-order valence-corrected chi connectivity index (χ2v) is 6.29. The molecule has 2 N–H and O–H groups in total. The largest absolute Gasteiger partial charge is 0.325 e. The van der Waals surface area contributed by atoms with Crippen LogP contribution >= 0.6 is 11.6 Å². The molecule has 0 unspecified atom stereocenters. The third-order valence-electron chi connectivity index (χ3n) is 3.60. The first kappa shape index (κ1) is 19.7. The molecule has 0 fully saturated rings. The number of carbonyl (C=O) groups is 2. The van der Waals surface area contributed by atoms with Crippen LogP contribution in [-0.2, 0) is 9.59 Å². The molecule has 2 rings (SSSR count). The first-order chi connectivity index (χ1) is 12.0. The van der Waals surface area contributed by atoms with Crippen LogP contribution in [0, 0.1) is 28.7 Å². The van der Waals surface area contributed by atoms with Crippen molar-refractivity contribution < 1.29 is 27.2 Å². The van der Waals surface area contributed by atoms with E-state index in [0.29, 0.717) is 6.07 Å². The van der Waals surface area contributed by atoms with Crippen LogP contribution in [0.2, 0.25) is 5.02 Å². The topological polar surface area (TPSA) is 58.2 Å². The normalized spacial score (nSPS) is 11.2. The monoisotopic (exact) mass is 388 g/mol. The second-order valence-electron chi connectivity index (χ2n) is 5.89. The van der Waals surface area contributed by atoms with Gasteiger partial charge in [0.1, 0.15) is 11.2 Å². The average molecular weight is 389 g/mol. The fraction of sp³-hybridized carbons (Fsp3) is 0.176. The molecule has 2 amide bonds. The Morgan fingerprint density at radius 2 is 1.46 bits per heavy atom. The third-order valence-corrected chi connectivity index (χ3v) is 3.89. The van der Waals surface area contributed by atoms with Crippen molar-refractivity contribution in [1.82, 2.24) is 0 Å². The van der Waals surface area contributed by atoms with Crippen molar-refractivity contribution in [3.8, 4) is 0 Å². The van der Waals surface area contributed by atoms with Gasteiger partial charge in [0.25, 0.3) is 0 Å². The van der Waals surface area contributed by atoms with Gasteiger partial charge in [0.05, 0.1) is 10.7 Å². The van der Waals surface area contributed by atoms with Crippen LogP contribution in [0.3, 0.4) is 0 Å². The van der Waals surface area contributed by atoms with Crippen LogP contribution < -0.4 is 10.6 Å². The van der Waals surface area contributed by atoms with Gasteiger partial charge in [0.15, 0.2) is 17.5 Å². The quantitative estimate of drug-likeness (QED) is 0.460. The summed E-state index contributed by atoms with van der Waals surface area (Å²) in [6, 6.07) is 4.89. The van der Waals surface area contributed by atoms with Crippen molar-refractivity contribution in [2.45, 2.75) is 13.8 Å². The van der Waals surface area contributed by atoms with Crippen LogP contribution in [-0.4, -0.2) is 11.8 Å². The first-order valence-corrected chi connectivity index (χ1v) is 7.63. The number of nitrogens with one attached hydrogen (secondary N) is 2. The highest BCUT2D eigenvalue weighted by Crippen LogP contribution is 2.26. The van der Waals surface area contributed by atoms with E-state index in [9.17, 15) is 27.2 Å². The summed E-state index contributed by atoms with van der Waals surface area (Å²) in [7, 11) is 0. The van der Waals surface area contributed by atoms with Gasteiger partial charge >= 0.3 is 0 Å². The van der Waals surface area contributed by atoms with Crippen molar-refractivity contribution in [2.75, 3.05) is 10.6 Å². The highest BCUT2D eigenvalue weighted by Gasteiger charge is 2.37. The molecule has 0 saturated carbocycles. The van der Waals surface area contributed by atoms with Crippen molar-refractivity contribution in [3.63, 3.8) is 0 Å². The fourth-order valence-electron chi connectivity index (χ4n) is 1.87. The van der Waals surface area contributed by atoms with E-state index in [1.165, 1.54) is 19.9 Å². The van der Waals surface area contributed by atoms with E-state index in [4.69, 9.17) is 11.6 Å². The molecule has 0 aliphatic rings. The molecule has 0 aliphatic heterocycles. The molecule has 138 valence electrons. The molecule has 0 radical (unpaired) electrons. The SMILES string of the molecule is CC(C)(C(=O)Nc1ccc(F)c(Cl)c1)C(=O)Nc1ccc(F)c(F)c1F. The molecule has 9 heteroatoms. The second kappa shape index (κ2) is 7.33. The van der Waals surface area contributed by atoms with Gasteiger partial charge in [-0.25, -0.2) is 17.6 Å². The van der Waals surface area contributed by atoms with E-state index in [0.717, 1.165) is 18.2 Å². The summed E-state index contributed by atoms with van der Waals surface area (Å²) >= 11 is 5.61. The molecule has 2 aromatic rings. The first-order valence-electron chi connectivity index (χ1n) is 7.25. The van der Waals surface area contributed by atoms with E-state index in [-0.39, 0.29) is 10.7 Å². The van der Waals surface area contributed by atoms with E-state index in [2.05, 4.69) is 5.32 Å². The zero-order valence-corrected chi connectivity index (χ0v) is 14.3. The zero-order chi connectivity index (χ0) is 19.6. The zero-order valence-electron chi connectivity index (χ0n) is 13.6. The number of rotatable bonds is 4. The maximum Gasteiger partial charge on any atom is 0.239 e. The number of carbonyl (C=O) groups excluding carboxylic acids is 2. The smallest absolute Gasteiger partial charge is 0.239 e. The number of anilines is 2. The summed E-state index contributed by atoms with van der Waals surface area (Å²) in [6.07, 6.45) is 0. The molecule has 4 nitrogen and oxygen atoms in total. The van der Waals surface area contributed by atoms with Gasteiger partial charge in [-0.15, -0.1) is 0 Å². The highest BCUT2D eigenvalue weighted by molar-refractivity contribution is 6.31. The van der Waals surface area contributed by atoms with Gasteiger partial charge in [-0.3, -0.25) is 9.59 Å². The van der Waals surface area contributed by atoms with Crippen LogP contribution in [0.25, 0.3) is 0 Å². The Morgan fingerprint density at radius 1 is 0.885 bits per heavy atom. The predicted octanol–water partition coefficient (Wildman–Crippen LogP) is 4.50. The fourth-order valence-corrected chi connectivity index (χ4v) is 2.05. The Balaban J connectivity index is 2.17. The molecule has 0 heterocycles. The molecule has 0 aromatic heterocycles. The molecular weight excluding hydrogens is 376 g/mol. The number of hydrogen-bond donors (Lipinski definition) is 2. The molecule has 2 aromatic carbocycles. The van der Waals surface area contributed by atoms with Crippen molar-refractivity contribution in [3.05, 3.63) is 58.6 Å².